The highest BCUT2D eigenvalue weighted by molar-refractivity contribution is 5.82. The number of hydrogen-bond acceptors (Lipinski definition) is 5. The Hall–Kier alpha value is -2.78. The number of carbonyl (C=O) groups excluding carboxylic acids is 1. The van der Waals surface area contributed by atoms with Crippen LogP contribution >= 0.6 is 0 Å². The van der Waals surface area contributed by atoms with Gasteiger partial charge in [-0.3, -0.25) is 4.79 Å². The number of nitriles is 1. The molecule has 2 heterocycles. The second-order valence-electron chi connectivity index (χ2n) is 6.97. The van der Waals surface area contributed by atoms with Crippen LogP contribution in [0.4, 0.5) is 0 Å². The maximum Gasteiger partial charge on any atom is 0.227 e. The molecule has 6 heteroatoms. The molecular weight excluding hydrogens is 328 g/mol. The molecule has 1 N–H and O–H groups in total. The van der Waals surface area contributed by atoms with E-state index in [0.29, 0.717) is 0 Å². The first-order chi connectivity index (χ1) is 12.7. The molecule has 4 rings (SSSR count). The fourth-order valence-electron chi connectivity index (χ4n) is 3.92. The summed E-state index contributed by atoms with van der Waals surface area (Å²) in [7, 11) is 0. The summed E-state index contributed by atoms with van der Waals surface area (Å²) in [5.74, 6) is -0.104. The third kappa shape index (κ3) is 2.65. The van der Waals surface area contributed by atoms with Crippen molar-refractivity contribution in [2.75, 3.05) is 6.61 Å². The van der Waals surface area contributed by atoms with Crippen LogP contribution < -0.4 is 0 Å². The molecule has 1 saturated heterocycles. The van der Waals surface area contributed by atoms with Gasteiger partial charge in [0.25, 0.3) is 0 Å². The predicted molar refractivity (Wildman–Crippen MR) is 94.7 cm³/mol. The zero-order valence-corrected chi connectivity index (χ0v) is 14.3. The van der Waals surface area contributed by atoms with Gasteiger partial charge in [-0.25, -0.2) is 9.97 Å². The highest BCUT2D eigenvalue weighted by Crippen LogP contribution is 2.43. The predicted octanol–water partition coefficient (Wildman–Crippen LogP) is 2.12. The lowest BCUT2D eigenvalue weighted by atomic mass is 9.73. The molecule has 2 aromatic rings. The van der Waals surface area contributed by atoms with Crippen molar-refractivity contribution in [2.24, 2.45) is 5.92 Å². The van der Waals surface area contributed by atoms with Crippen molar-refractivity contribution in [3.8, 4) is 17.2 Å². The van der Waals surface area contributed by atoms with Crippen molar-refractivity contribution in [3.63, 3.8) is 0 Å². The third-order valence-electron chi connectivity index (χ3n) is 5.63. The van der Waals surface area contributed by atoms with Gasteiger partial charge < -0.3 is 10.0 Å². The molecule has 6 nitrogen and oxygen atoms in total. The second kappa shape index (κ2) is 6.85. The Balaban J connectivity index is 1.56. The Morgan fingerprint density at radius 1 is 1.19 bits per heavy atom. The summed E-state index contributed by atoms with van der Waals surface area (Å²) in [6.07, 6.45) is 7.84. The van der Waals surface area contributed by atoms with Gasteiger partial charge in [-0.2, -0.15) is 5.26 Å². The van der Waals surface area contributed by atoms with E-state index in [9.17, 15) is 15.2 Å². The van der Waals surface area contributed by atoms with E-state index in [1.807, 2.05) is 24.3 Å². The fourth-order valence-corrected chi connectivity index (χ4v) is 3.92. The first kappa shape index (κ1) is 16.7. The minimum Gasteiger partial charge on any atom is -0.394 e. The van der Waals surface area contributed by atoms with Crippen LogP contribution in [0.2, 0.25) is 0 Å². The van der Waals surface area contributed by atoms with Crippen molar-refractivity contribution < 1.29 is 9.90 Å². The van der Waals surface area contributed by atoms with E-state index >= 15 is 0 Å². The molecule has 0 bridgehead atoms. The van der Waals surface area contributed by atoms with E-state index in [-0.39, 0.29) is 30.4 Å². The SMILES string of the molecule is N#C[C@@H]1[C@@H](c2ccc(-c3cncnc3)cc2)[C@H](CO)N1C(=O)C1CCC1. The number of amides is 1. The third-order valence-corrected chi connectivity index (χ3v) is 5.63. The molecule has 2 fully saturated rings. The van der Waals surface area contributed by atoms with Gasteiger partial charge in [0.05, 0.1) is 18.7 Å². The number of carbonyl (C=O) groups is 1. The summed E-state index contributed by atoms with van der Waals surface area (Å²) < 4.78 is 0. The zero-order valence-electron chi connectivity index (χ0n) is 14.3. The Kier molecular flexibility index (Phi) is 4.39. The average molecular weight is 348 g/mol. The minimum absolute atomic E-state index is 0.0242. The fraction of sp³-hybridized carbons (Fsp3) is 0.400. The molecular formula is C20H20N4O2. The number of likely N-dealkylation sites (tertiary alicyclic amines) is 1. The van der Waals surface area contributed by atoms with Crippen molar-refractivity contribution in [2.45, 2.75) is 37.3 Å². The lowest BCUT2D eigenvalue weighted by molar-refractivity contribution is -0.154. The molecule has 1 amide bonds. The van der Waals surface area contributed by atoms with Gasteiger partial charge in [-0.05, 0) is 24.0 Å². The second-order valence-corrected chi connectivity index (χ2v) is 6.97. The number of aromatic nitrogens is 2. The Morgan fingerprint density at radius 3 is 2.42 bits per heavy atom. The van der Waals surface area contributed by atoms with E-state index in [1.54, 1.807) is 17.3 Å². The largest absolute Gasteiger partial charge is 0.394 e. The summed E-state index contributed by atoms with van der Waals surface area (Å²) in [4.78, 5) is 22.3. The van der Waals surface area contributed by atoms with E-state index in [4.69, 9.17) is 0 Å². The van der Waals surface area contributed by atoms with Crippen molar-refractivity contribution in [1.82, 2.24) is 14.9 Å². The van der Waals surface area contributed by atoms with Gasteiger partial charge >= 0.3 is 0 Å². The van der Waals surface area contributed by atoms with Crippen LogP contribution in [0.5, 0.6) is 0 Å². The number of hydrogen-bond donors (Lipinski definition) is 1. The number of rotatable bonds is 4. The van der Waals surface area contributed by atoms with Crippen LogP contribution in [0, 0.1) is 17.2 Å². The topological polar surface area (TPSA) is 90.1 Å². The molecule has 1 saturated carbocycles. The van der Waals surface area contributed by atoms with Crippen molar-refractivity contribution in [1.29, 1.82) is 5.26 Å². The van der Waals surface area contributed by atoms with Crippen LogP contribution in [0.1, 0.15) is 30.7 Å². The van der Waals surface area contributed by atoms with Gasteiger partial charge in [-0.1, -0.05) is 30.7 Å². The zero-order chi connectivity index (χ0) is 18.1. The number of nitrogens with zero attached hydrogens (tertiary/aromatic N) is 4. The summed E-state index contributed by atoms with van der Waals surface area (Å²) in [6.45, 7) is -0.129. The van der Waals surface area contributed by atoms with Crippen LogP contribution in [0.3, 0.4) is 0 Å². The van der Waals surface area contributed by atoms with E-state index in [2.05, 4.69) is 16.0 Å². The molecule has 1 aliphatic carbocycles. The molecule has 0 radical (unpaired) electrons. The summed E-state index contributed by atoms with van der Waals surface area (Å²) in [5, 5.41) is 19.4. The lowest BCUT2D eigenvalue weighted by Crippen LogP contribution is -2.66. The molecule has 2 aliphatic rings. The minimum atomic E-state index is -0.508. The lowest BCUT2D eigenvalue weighted by Gasteiger charge is -2.53. The highest BCUT2D eigenvalue weighted by atomic mass is 16.3. The van der Waals surface area contributed by atoms with Gasteiger partial charge in [0.15, 0.2) is 0 Å². The van der Waals surface area contributed by atoms with Gasteiger partial charge in [0, 0.05) is 29.8 Å². The Morgan fingerprint density at radius 2 is 1.88 bits per heavy atom. The van der Waals surface area contributed by atoms with Gasteiger partial charge in [0.2, 0.25) is 5.91 Å². The van der Waals surface area contributed by atoms with Crippen LogP contribution in [-0.4, -0.2) is 44.6 Å². The molecule has 1 aliphatic heterocycles. The van der Waals surface area contributed by atoms with Crippen LogP contribution in [0.15, 0.2) is 43.0 Å². The molecule has 1 aromatic heterocycles. The number of aliphatic hydroxyl groups excluding tert-OH is 1. The van der Waals surface area contributed by atoms with E-state index in [0.717, 1.165) is 36.0 Å². The quantitative estimate of drug-likeness (QED) is 0.914. The summed E-state index contributed by atoms with van der Waals surface area (Å²) >= 11 is 0. The van der Waals surface area contributed by atoms with Crippen LogP contribution in [-0.2, 0) is 4.79 Å². The Labute approximate surface area is 152 Å². The summed E-state index contributed by atoms with van der Waals surface area (Å²) in [5.41, 5.74) is 2.88. The first-order valence-corrected chi connectivity index (χ1v) is 8.92. The number of benzene rings is 1. The van der Waals surface area contributed by atoms with E-state index < -0.39 is 6.04 Å². The summed E-state index contributed by atoms with van der Waals surface area (Å²) in [6, 6.07) is 9.30. The molecule has 0 unspecified atom stereocenters. The Bertz CT molecular complexity index is 827. The van der Waals surface area contributed by atoms with Gasteiger partial charge in [-0.15, -0.1) is 0 Å². The molecule has 1 aromatic carbocycles. The van der Waals surface area contributed by atoms with Crippen molar-refractivity contribution in [3.05, 3.63) is 48.5 Å². The number of aliphatic hydroxyl groups is 1. The highest BCUT2D eigenvalue weighted by Gasteiger charge is 2.53. The van der Waals surface area contributed by atoms with Crippen LogP contribution in [0.25, 0.3) is 11.1 Å². The molecule has 0 spiro atoms. The standard InChI is InChI=1S/C20H20N4O2/c21-8-17-19(18(11-25)24(17)20(26)15-2-1-3-15)14-6-4-13(5-7-14)16-9-22-12-23-10-16/h4-7,9-10,12,15,17-19,25H,1-3,11H2/t17-,18+,19-/m1/s1. The first-order valence-electron chi connectivity index (χ1n) is 8.92. The normalized spacial score (nSPS) is 25.1. The maximum atomic E-state index is 12.6. The monoisotopic (exact) mass is 348 g/mol. The van der Waals surface area contributed by atoms with Gasteiger partial charge in [0.1, 0.15) is 12.4 Å². The maximum absolute atomic E-state index is 12.6. The molecule has 132 valence electrons. The van der Waals surface area contributed by atoms with E-state index in [1.165, 1.54) is 6.33 Å². The molecule has 3 atom stereocenters. The smallest absolute Gasteiger partial charge is 0.227 e. The average Bonchev–Trinajstić information content (AvgIpc) is 2.61. The van der Waals surface area contributed by atoms with Crippen molar-refractivity contribution >= 4 is 5.91 Å². The molecule has 26 heavy (non-hydrogen) atoms.